The molecule has 1 rings (SSSR count). The van der Waals surface area contributed by atoms with E-state index in [1.54, 1.807) is 13.2 Å². The Morgan fingerprint density at radius 1 is 1.73 bits per heavy atom. The van der Waals surface area contributed by atoms with Crippen LogP contribution in [0.2, 0.25) is 0 Å². The number of alkyl halides is 1. The summed E-state index contributed by atoms with van der Waals surface area (Å²) in [5, 5.41) is 5.55. The van der Waals surface area contributed by atoms with E-state index in [0.717, 1.165) is 11.8 Å². The number of carbonyl (C=O) groups is 1. The summed E-state index contributed by atoms with van der Waals surface area (Å²) in [6.07, 6.45) is 0.907. The molecular weight excluding hydrogens is 278 g/mol. The fraction of sp³-hybridized carbons (Fsp3) is 0.500. The van der Waals surface area contributed by atoms with Crippen molar-refractivity contribution in [2.75, 3.05) is 12.4 Å². The predicted octanol–water partition coefficient (Wildman–Crippen LogP) is 2.66. The number of rotatable bonds is 5. The van der Waals surface area contributed by atoms with Crippen molar-refractivity contribution in [2.45, 2.75) is 19.4 Å². The van der Waals surface area contributed by atoms with Gasteiger partial charge in [-0.25, -0.2) is 0 Å². The molecule has 84 valence electrons. The number of amides is 1. The molecule has 1 atom stereocenters. The fourth-order valence-corrected chi connectivity index (χ4v) is 2.51. The maximum atomic E-state index is 11.8. The van der Waals surface area contributed by atoms with Crippen molar-refractivity contribution < 1.29 is 9.53 Å². The molecule has 5 heteroatoms. The van der Waals surface area contributed by atoms with Crippen molar-refractivity contribution in [3.05, 3.63) is 16.3 Å². The van der Waals surface area contributed by atoms with Crippen molar-refractivity contribution in [1.82, 2.24) is 5.32 Å². The molecular formula is C10H14BrNO2S. The third-order valence-electron chi connectivity index (χ3n) is 2.07. The van der Waals surface area contributed by atoms with E-state index in [2.05, 4.69) is 21.2 Å². The zero-order valence-electron chi connectivity index (χ0n) is 8.75. The minimum Gasteiger partial charge on any atom is -0.495 e. The monoisotopic (exact) mass is 291 g/mol. The van der Waals surface area contributed by atoms with Gasteiger partial charge in [0.05, 0.1) is 7.11 Å². The van der Waals surface area contributed by atoms with Crippen LogP contribution in [-0.4, -0.2) is 24.4 Å². The van der Waals surface area contributed by atoms with Gasteiger partial charge in [0.2, 0.25) is 0 Å². The van der Waals surface area contributed by atoms with E-state index < -0.39 is 0 Å². The molecule has 15 heavy (non-hydrogen) atoms. The lowest BCUT2D eigenvalue weighted by Gasteiger charge is -2.13. The number of hydrogen-bond acceptors (Lipinski definition) is 3. The van der Waals surface area contributed by atoms with Gasteiger partial charge in [0.25, 0.3) is 5.91 Å². The standard InChI is InChI=1S/C10H14BrNO2S/c1-3-7(6-11)12-10(13)9-8(14-2)4-5-15-9/h4-5,7H,3,6H2,1-2H3,(H,12,13). The highest BCUT2D eigenvalue weighted by Crippen LogP contribution is 2.24. The predicted molar refractivity (Wildman–Crippen MR) is 66.2 cm³/mol. The molecule has 1 N–H and O–H groups in total. The summed E-state index contributed by atoms with van der Waals surface area (Å²) in [4.78, 5) is 12.4. The van der Waals surface area contributed by atoms with Crippen LogP contribution >= 0.6 is 27.3 Å². The van der Waals surface area contributed by atoms with E-state index in [0.29, 0.717) is 10.6 Å². The van der Waals surface area contributed by atoms with Gasteiger partial charge in [0.15, 0.2) is 0 Å². The maximum absolute atomic E-state index is 11.8. The number of methoxy groups -OCH3 is 1. The second-order valence-corrected chi connectivity index (χ2v) is 4.61. The molecule has 1 unspecified atom stereocenters. The van der Waals surface area contributed by atoms with E-state index in [1.807, 2.05) is 12.3 Å². The Hall–Kier alpha value is -0.550. The number of ether oxygens (including phenoxy) is 1. The van der Waals surface area contributed by atoms with Gasteiger partial charge in [-0.1, -0.05) is 22.9 Å². The van der Waals surface area contributed by atoms with Gasteiger partial charge in [-0.2, -0.15) is 0 Å². The van der Waals surface area contributed by atoms with Crippen molar-refractivity contribution >= 4 is 33.2 Å². The molecule has 0 aliphatic heterocycles. The van der Waals surface area contributed by atoms with Gasteiger partial charge in [-0.05, 0) is 17.9 Å². The molecule has 0 aromatic carbocycles. The number of nitrogens with one attached hydrogen (secondary N) is 1. The molecule has 1 aromatic rings. The molecule has 0 fully saturated rings. The zero-order valence-corrected chi connectivity index (χ0v) is 11.2. The van der Waals surface area contributed by atoms with Gasteiger partial charge in [0, 0.05) is 11.4 Å². The van der Waals surface area contributed by atoms with E-state index in [1.165, 1.54) is 11.3 Å². The lowest BCUT2D eigenvalue weighted by molar-refractivity contribution is 0.0941. The molecule has 1 aromatic heterocycles. The molecule has 0 spiro atoms. The molecule has 0 aliphatic rings. The molecule has 0 saturated carbocycles. The van der Waals surface area contributed by atoms with Gasteiger partial charge in [0.1, 0.15) is 10.6 Å². The topological polar surface area (TPSA) is 38.3 Å². The van der Waals surface area contributed by atoms with Crippen molar-refractivity contribution in [3.8, 4) is 5.75 Å². The number of hydrogen-bond donors (Lipinski definition) is 1. The van der Waals surface area contributed by atoms with Crippen LogP contribution in [0.15, 0.2) is 11.4 Å². The zero-order chi connectivity index (χ0) is 11.3. The Bertz CT molecular complexity index is 323. The van der Waals surface area contributed by atoms with Crippen molar-refractivity contribution in [2.24, 2.45) is 0 Å². The van der Waals surface area contributed by atoms with Crippen molar-refractivity contribution in [3.63, 3.8) is 0 Å². The van der Waals surface area contributed by atoms with Gasteiger partial charge in [-0.3, -0.25) is 4.79 Å². The molecule has 1 heterocycles. The van der Waals surface area contributed by atoms with Gasteiger partial charge >= 0.3 is 0 Å². The van der Waals surface area contributed by atoms with Gasteiger partial charge < -0.3 is 10.1 Å². The minimum atomic E-state index is -0.0619. The van der Waals surface area contributed by atoms with Crippen LogP contribution in [0.3, 0.4) is 0 Å². The smallest absolute Gasteiger partial charge is 0.265 e. The third-order valence-corrected chi connectivity index (χ3v) is 3.75. The first-order valence-corrected chi connectivity index (χ1v) is 6.71. The van der Waals surface area contributed by atoms with Crippen LogP contribution in [-0.2, 0) is 0 Å². The fourth-order valence-electron chi connectivity index (χ4n) is 1.12. The highest BCUT2D eigenvalue weighted by atomic mass is 79.9. The van der Waals surface area contributed by atoms with Crippen molar-refractivity contribution in [1.29, 1.82) is 0 Å². The van der Waals surface area contributed by atoms with Crippen LogP contribution < -0.4 is 10.1 Å². The average molecular weight is 292 g/mol. The molecule has 0 aliphatic carbocycles. The number of carbonyl (C=O) groups excluding carboxylic acids is 1. The minimum absolute atomic E-state index is 0.0619. The Morgan fingerprint density at radius 3 is 3.00 bits per heavy atom. The third kappa shape index (κ3) is 3.21. The normalized spacial score (nSPS) is 12.2. The lowest BCUT2D eigenvalue weighted by atomic mass is 10.2. The highest BCUT2D eigenvalue weighted by Gasteiger charge is 2.16. The summed E-state index contributed by atoms with van der Waals surface area (Å²) in [6, 6.07) is 1.97. The molecule has 1 amide bonds. The maximum Gasteiger partial charge on any atom is 0.265 e. The second kappa shape index (κ2) is 6.12. The van der Waals surface area contributed by atoms with Crippen LogP contribution in [0.25, 0.3) is 0 Å². The molecule has 0 radical (unpaired) electrons. The summed E-state index contributed by atoms with van der Waals surface area (Å²) >= 11 is 4.75. The first-order chi connectivity index (χ1) is 7.22. The number of halogens is 1. The average Bonchev–Trinajstić information content (AvgIpc) is 2.73. The molecule has 3 nitrogen and oxygen atoms in total. The van der Waals surface area contributed by atoms with Crippen LogP contribution in [0.5, 0.6) is 5.75 Å². The summed E-state index contributed by atoms with van der Waals surface area (Å²) in [5.41, 5.74) is 0. The summed E-state index contributed by atoms with van der Waals surface area (Å²) in [6.45, 7) is 2.04. The largest absolute Gasteiger partial charge is 0.495 e. The second-order valence-electron chi connectivity index (χ2n) is 3.05. The summed E-state index contributed by atoms with van der Waals surface area (Å²) in [5.74, 6) is 0.579. The van der Waals surface area contributed by atoms with Crippen LogP contribution in [0, 0.1) is 0 Å². The molecule has 0 saturated heterocycles. The highest BCUT2D eigenvalue weighted by molar-refractivity contribution is 9.09. The Labute approximate surface area is 102 Å². The van der Waals surface area contributed by atoms with Crippen LogP contribution in [0.1, 0.15) is 23.0 Å². The summed E-state index contributed by atoms with van der Waals surface area (Å²) < 4.78 is 5.09. The Morgan fingerprint density at radius 2 is 2.47 bits per heavy atom. The number of thiophene rings is 1. The van der Waals surface area contributed by atoms with Gasteiger partial charge in [-0.15, -0.1) is 11.3 Å². The first-order valence-electron chi connectivity index (χ1n) is 4.71. The van der Waals surface area contributed by atoms with Crippen LogP contribution in [0.4, 0.5) is 0 Å². The Kier molecular flexibility index (Phi) is 5.11. The van der Waals surface area contributed by atoms with E-state index in [4.69, 9.17) is 4.74 Å². The van der Waals surface area contributed by atoms with E-state index in [-0.39, 0.29) is 11.9 Å². The quantitative estimate of drug-likeness (QED) is 0.847. The molecule has 0 bridgehead atoms. The van der Waals surface area contributed by atoms with E-state index in [9.17, 15) is 4.79 Å². The lowest BCUT2D eigenvalue weighted by Crippen LogP contribution is -2.35. The first kappa shape index (κ1) is 12.5. The van der Waals surface area contributed by atoms with E-state index >= 15 is 0 Å². The summed E-state index contributed by atoms with van der Waals surface area (Å²) in [7, 11) is 1.57. The SMILES string of the molecule is CCC(CBr)NC(=O)c1sccc1OC. The Balaban J connectivity index is 2.68.